The maximum atomic E-state index is 6.60. The summed E-state index contributed by atoms with van der Waals surface area (Å²) in [4.78, 5) is 5.25. The number of aliphatic imine (C=N–C) groups is 1. The van der Waals surface area contributed by atoms with Crippen LogP contribution in [0.5, 0.6) is 0 Å². The van der Waals surface area contributed by atoms with Crippen molar-refractivity contribution in [3.63, 3.8) is 0 Å². The van der Waals surface area contributed by atoms with E-state index in [1.54, 1.807) is 0 Å². The summed E-state index contributed by atoms with van der Waals surface area (Å²) in [5.74, 6) is 0.831. The highest BCUT2D eigenvalue weighted by Gasteiger charge is 2.27. The normalized spacial score (nSPS) is 16.0. The van der Waals surface area contributed by atoms with Crippen molar-refractivity contribution in [1.82, 2.24) is 10.6 Å². The van der Waals surface area contributed by atoms with Gasteiger partial charge in [-0.3, -0.25) is 5.32 Å². The first kappa shape index (κ1) is 30.7. The van der Waals surface area contributed by atoms with Gasteiger partial charge in [-0.2, -0.15) is 0 Å². The Balaban J connectivity index is 1.00. The van der Waals surface area contributed by atoms with E-state index in [1.165, 1.54) is 27.6 Å². The fraction of sp³-hybridized carbons (Fsp3) is 0.0408. The summed E-state index contributed by atoms with van der Waals surface area (Å²) in [6, 6.07) is 61.5. The Labute approximate surface area is 311 Å². The monoisotopic (exact) mass is 695 g/mol. The molecule has 256 valence electrons. The van der Waals surface area contributed by atoms with Gasteiger partial charge in [0.1, 0.15) is 40.5 Å². The van der Waals surface area contributed by atoms with E-state index in [0.717, 1.165) is 71.8 Å². The minimum absolute atomic E-state index is 0.231. The van der Waals surface area contributed by atoms with Crippen LogP contribution in [0.25, 0.3) is 76.9 Å². The Morgan fingerprint density at radius 2 is 1.07 bits per heavy atom. The van der Waals surface area contributed by atoms with Crippen LogP contribution in [-0.4, -0.2) is 5.84 Å². The largest absolute Gasteiger partial charge is 0.456 e. The van der Waals surface area contributed by atoms with Crippen LogP contribution in [0.4, 0.5) is 0 Å². The van der Waals surface area contributed by atoms with E-state index in [0.29, 0.717) is 0 Å². The van der Waals surface area contributed by atoms with E-state index in [-0.39, 0.29) is 12.3 Å². The summed E-state index contributed by atoms with van der Waals surface area (Å²) in [6.45, 7) is 0. The van der Waals surface area contributed by atoms with Gasteiger partial charge in [0.15, 0.2) is 0 Å². The number of hydrogen-bond acceptors (Lipinski definition) is 5. The summed E-state index contributed by atoms with van der Waals surface area (Å²) >= 11 is 0. The van der Waals surface area contributed by atoms with E-state index >= 15 is 0 Å². The lowest BCUT2D eigenvalue weighted by molar-refractivity contribution is 0.409. The molecule has 3 heterocycles. The molecule has 1 aliphatic heterocycles. The van der Waals surface area contributed by atoms with Crippen molar-refractivity contribution >= 4 is 60.5 Å². The lowest BCUT2D eigenvalue weighted by Crippen LogP contribution is -2.44. The van der Waals surface area contributed by atoms with Crippen LogP contribution in [0.3, 0.4) is 0 Å². The third kappa shape index (κ3) is 5.01. The lowest BCUT2D eigenvalue weighted by Gasteiger charge is -2.32. The average molecular weight is 696 g/mol. The van der Waals surface area contributed by atoms with Crippen molar-refractivity contribution in [2.24, 2.45) is 4.99 Å². The second-order valence-electron chi connectivity index (χ2n) is 14.0. The first-order valence-corrected chi connectivity index (χ1v) is 18.3. The van der Waals surface area contributed by atoms with E-state index in [4.69, 9.17) is 13.8 Å². The van der Waals surface area contributed by atoms with E-state index in [1.807, 2.05) is 24.3 Å². The number of hydrogen-bond donors (Lipinski definition) is 2. The summed E-state index contributed by atoms with van der Waals surface area (Å²) in [5.41, 5.74) is 11.4. The molecule has 0 amide bonds. The molecule has 5 nitrogen and oxygen atoms in total. The Morgan fingerprint density at radius 1 is 0.426 bits per heavy atom. The number of nitrogens with zero attached hydrogens (tertiary/aromatic N) is 1. The van der Waals surface area contributed by atoms with Crippen LogP contribution in [0.15, 0.2) is 190 Å². The first-order chi connectivity index (χ1) is 26.7. The quantitative estimate of drug-likeness (QED) is 0.188. The van der Waals surface area contributed by atoms with Crippen molar-refractivity contribution in [2.75, 3.05) is 0 Å². The Kier molecular flexibility index (Phi) is 7.00. The third-order valence-electron chi connectivity index (χ3n) is 10.8. The Hall–Kier alpha value is -6.95. The van der Waals surface area contributed by atoms with Crippen LogP contribution in [0.2, 0.25) is 0 Å². The van der Waals surface area contributed by atoms with E-state index in [2.05, 4.69) is 162 Å². The van der Waals surface area contributed by atoms with Gasteiger partial charge in [-0.25, -0.2) is 4.99 Å². The molecule has 10 aromatic rings. The molecule has 11 rings (SSSR count). The van der Waals surface area contributed by atoms with Gasteiger partial charge in [-0.1, -0.05) is 146 Å². The SMILES string of the molecule is c1ccc(C2=NC(c3ccc4oc5c6cccc(-c7ccccc7)c6ccc5c4c3)NC(c3ccc4c(c3)oc3cccc(-c5ccccc5)c34)N2)cc1. The number of fused-ring (bicyclic) bond motifs is 8. The van der Waals surface area contributed by atoms with Gasteiger partial charge in [-0.15, -0.1) is 0 Å². The van der Waals surface area contributed by atoms with Gasteiger partial charge in [0.05, 0.1) is 0 Å². The van der Waals surface area contributed by atoms with Crippen LogP contribution in [0, 0.1) is 0 Å². The highest BCUT2D eigenvalue weighted by Crippen LogP contribution is 2.40. The van der Waals surface area contributed by atoms with E-state index < -0.39 is 0 Å². The molecule has 0 spiro atoms. The molecule has 54 heavy (non-hydrogen) atoms. The summed E-state index contributed by atoms with van der Waals surface area (Å²) < 4.78 is 13.1. The summed E-state index contributed by atoms with van der Waals surface area (Å²) in [7, 11) is 0. The molecule has 0 aliphatic carbocycles. The molecule has 2 unspecified atom stereocenters. The third-order valence-corrected chi connectivity index (χ3v) is 10.8. The summed E-state index contributed by atoms with van der Waals surface area (Å²) in [5, 5.41) is 14.2. The average Bonchev–Trinajstić information content (AvgIpc) is 3.82. The maximum absolute atomic E-state index is 6.60. The molecular weight excluding hydrogens is 663 g/mol. The molecule has 0 fully saturated rings. The highest BCUT2D eigenvalue weighted by atomic mass is 16.3. The standard InChI is InChI=1S/C49H33N3O2/c1-4-12-30(13-5-1)35-18-10-20-38-37(35)25-26-39-41-28-33(23-27-42(41)54-46(38)39)48-50-47(32-16-8-3-9-17-32)51-49(52-48)34-22-24-40-44(29-34)53-43-21-11-19-36(45(40)43)31-14-6-2-7-15-31/h1-29,48-49,52H,(H,50,51). The van der Waals surface area contributed by atoms with E-state index in [9.17, 15) is 0 Å². The molecule has 8 aromatic carbocycles. The van der Waals surface area contributed by atoms with Crippen molar-refractivity contribution < 1.29 is 8.83 Å². The minimum Gasteiger partial charge on any atom is -0.456 e. The van der Waals surface area contributed by atoms with Crippen LogP contribution < -0.4 is 10.6 Å². The lowest BCUT2D eigenvalue weighted by atomic mass is 9.96. The first-order valence-electron chi connectivity index (χ1n) is 18.3. The molecule has 5 heteroatoms. The number of amidine groups is 1. The molecule has 2 atom stereocenters. The minimum atomic E-state index is -0.318. The molecule has 0 bridgehead atoms. The van der Waals surface area contributed by atoms with Crippen molar-refractivity contribution in [3.05, 3.63) is 193 Å². The highest BCUT2D eigenvalue weighted by molar-refractivity contribution is 6.17. The second kappa shape index (κ2) is 12.3. The Bertz CT molecular complexity index is 3050. The summed E-state index contributed by atoms with van der Waals surface area (Å²) in [6.07, 6.45) is -0.548. The number of benzene rings is 8. The molecule has 2 N–H and O–H groups in total. The van der Waals surface area contributed by atoms with Gasteiger partial charge in [0, 0.05) is 32.5 Å². The number of nitrogens with one attached hydrogen (secondary N) is 2. The van der Waals surface area contributed by atoms with Gasteiger partial charge in [0.25, 0.3) is 0 Å². The smallest absolute Gasteiger partial charge is 0.143 e. The molecule has 2 aromatic heterocycles. The zero-order chi connectivity index (χ0) is 35.6. The second-order valence-corrected chi connectivity index (χ2v) is 14.0. The molecule has 0 saturated heterocycles. The van der Waals surface area contributed by atoms with Gasteiger partial charge < -0.3 is 14.2 Å². The van der Waals surface area contributed by atoms with Crippen LogP contribution in [0.1, 0.15) is 29.0 Å². The maximum Gasteiger partial charge on any atom is 0.143 e. The fourth-order valence-corrected chi connectivity index (χ4v) is 8.17. The predicted molar refractivity (Wildman–Crippen MR) is 221 cm³/mol. The fourth-order valence-electron chi connectivity index (χ4n) is 8.17. The predicted octanol–water partition coefficient (Wildman–Crippen LogP) is 12.3. The molecule has 1 aliphatic rings. The van der Waals surface area contributed by atoms with Crippen molar-refractivity contribution in [3.8, 4) is 22.3 Å². The van der Waals surface area contributed by atoms with Crippen LogP contribution in [-0.2, 0) is 0 Å². The van der Waals surface area contributed by atoms with Gasteiger partial charge in [0.2, 0.25) is 0 Å². The van der Waals surface area contributed by atoms with Crippen molar-refractivity contribution in [1.29, 1.82) is 0 Å². The molecular formula is C49H33N3O2. The number of furan rings is 2. The topological polar surface area (TPSA) is 62.7 Å². The zero-order valence-electron chi connectivity index (χ0n) is 29.2. The molecule has 0 radical (unpaired) electrons. The van der Waals surface area contributed by atoms with Gasteiger partial charge >= 0.3 is 0 Å². The Morgan fingerprint density at radius 3 is 1.87 bits per heavy atom. The van der Waals surface area contributed by atoms with Crippen LogP contribution >= 0.6 is 0 Å². The number of rotatable bonds is 5. The van der Waals surface area contributed by atoms with Crippen molar-refractivity contribution in [2.45, 2.75) is 12.3 Å². The zero-order valence-corrected chi connectivity index (χ0v) is 29.2. The van der Waals surface area contributed by atoms with Gasteiger partial charge in [-0.05, 0) is 69.1 Å². The molecule has 0 saturated carbocycles.